The summed E-state index contributed by atoms with van der Waals surface area (Å²) in [5.41, 5.74) is 7.30. The molecule has 0 bridgehead atoms. The van der Waals surface area contributed by atoms with Gasteiger partial charge in [0, 0.05) is 25.9 Å². The minimum atomic E-state index is 0.151. The van der Waals surface area contributed by atoms with Gasteiger partial charge in [0.1, 0.15) is 0 Å². The number of ether oxygens (including phenoxy) is 1. The summed E-state index contributed by atoms with van der Waals surface area (Å²) in [7, 11) is 1.67. The van der Waals surface area contributed by atoms with Crippen LogP contribution in [-0.2, 0) is 16.0 Å². The van der Waals surface area contributed by atoms with Crippen LogP contribution in [0.3, 0.4) is 0 Å². The van der Waals surface area contributed by atoms with Gasteiger partial charge in [-0.1, -0.05) is 12.1 Å². The van der Waals surface area contributed by atoms with Crippen LogP contribution in [0.1, 0.15) is 5.56 Å². The zero-order valence-electron chi connectivity index (χ0n) is 9.35. The highest BCUT2D eigenvalue weighted by atomic mass is 16.5. The third kappa shape index (κ3) is 2.33. The van der Waals surface area contributed by atoms with Gasteiger partial charge in [-0.2, -0.15) is 0 Å². The van der Waals surface area contributed by atoms with Crippen molar-refractivity contribution >= 4 is 11.6 Å². The van der Waals surface area contributed by atoms with Crippen molar-refractivity contribution in [1.29, 1.82) is 0 Å². The molecular formula is C12H16N2O2. The van der Waals surface area contributed by atoms with Crippen molar-refractivity contribution in [2.24, 2.45) is 0 Å². The third-order valence-electron chi connectivity index (χ3n) is 2.87. The standard InChI is InChI=1S/C12H16N2O2/c1-16-11-7-14(8-11)12(15)6-9-2-4-10(13)5-3-9/h2-5,11H,6-8,13H2,1H3. The van der Waals surface area contributed by atoms with E-state index in [-0.39, 0.29) is 12.0 Å². The summed E-state index contributed by atoms with van der Waals surface area (Å²) < 4.78 is 5.12. The molecule has 0 radical (unpaired) electrons. The highest BCUT2D eigenvalue weighted by molar-refractivity contribution is 5.79. The number of benzene rings is 1. The van der Waals surface area contributed by atoms with Crippen molar-refractivity contribution in [3.05, 3.63) is 29.8 Å². The molecule has 0 atom stereocenters. The Kier molecular flexibility index (Phi) is 3.10. The van der Waals surface area contributed by atoms with Gasteiger partial charge in [0.2, 0.25) is 5.91 Å². The number of nitrogens with zero attached hydrogens (tertiary/aromatic N) is 1. The molecule has 0 saturated carbocycles. The van der Waals surface area contributed by atoms with Gasteiger partial charge in [0.05, 0.1) is 12.5 Å². The highest BCUT2D eigenvalue weighted by Gasteiger charge is 2.29. The Balaban J connectivity index is 1.86. The summed E-state index contributed by atoms with van der Waals surface area (Å²) in [6, 6.07) is 7.41. The number of likely N-dealkylation sites (tertiary alicyclic amines) is 1. The average molecular weight is 220 g/mol. The van der Waals surface area contributed by atoms with Crippen LogP contribution in [0.4, 0.5) is 5.69 Å². The SMILES string of the molecule is COC1CN(C(=O)Cc2ccc(N)cc2)C1. The Morgan fingerprint density at radius 3 is 2.62 bits per heavy atom. The molecule has 0 aliphatic carbocycles. The maximum atomic E-state index is 11.8. The molecule has 4 heteroatoms. The lowest BCUT2D eigenvalue weighted by Gasteiger charge is -2.38. The van der Waals surface area contributed by atoms with Crippen LogP contribution in [0.5, 0.6) is 0 Å². The number of hydrogen-bond acceptors (Lipinski definition) is 3. The van der Waals surface area contributed by atoms with Gasteiger partial charge in [-0.3, -0.25) is 4.79 Å². The molecule has 0 spiro atoms. The van der Waals surface area contributed by atoms with E-state index in [1.165, 1.54) is 0 Å². The van der Waals surface area contributed by atoms with Gasteiger partial charge in [-0.15, -0.1) is 0 Å². The fraction of sp³-hybridized carbons (Fsp3) is 0.417. The van der Waals surface area contributed by atoms with Crippen molar-refractivity contribution in [1.82, 2.24) is 4.90 Å². The topological polar surface area (TPSA) is 55.6 Å². The minimum Gasteiger partial charge on any atom is -0.399 e. The maximum absolute atomic E-state index is 11.8. The highest BCUT2D eigenvalue weighted by Crippen LogP contribution is 2.14. The first kappa shape index (κ1) is 11.0. The molecule has 1 heterocycles. The number of amides is 1. The second-order valence-corrected chi connectivity index (χ2v) is 4.07. The van der Waals surface area contributed by atoms with E-state index in [0.29, 0.717) is 19.5 Å². The lowest BCUT2D eigenvalue weighted by Crippen LogP contribution is -2.54. The number of methoxy groups -OCH3 is 1. The quantitative estimate of drug-likeness (QED) is 0.762. The first-order valence-electron chi connectivity index (χ1n) is 5.34. The van der Waals surface area contributed by atoms with E-state index in [9.17, 15) is 4.79 Å². The van der Waals surface area contributed by atoms with E-state index in [0.717, 1.165) is 11.3 Å². The lowest BCUT2D eigenvalue weighted by atomic mass is 10.1. The Morgan fingerprint density at radius 1 is 1.44 bits per heavy atom. The molecule has 0 aromatic heterocycles. The van der Waals surface area contributed by atoms with Gasteiger partial charge in [-0.05, 0) is 17.7 Å². The van der Waals surface area contributed by atoms with Crippen LogP contribution in [0, 0.1) is 0 Å². The van der Waals surface area contributed by atoms with E-state index >= 15 is 0 Å². The van der Waals surface area contributed by atoms with E-state index < -0.39 is 0 Å². The van der Waals surface area contributed by atoms with Crippen molar-refractivity contribution < 1.29 is 9.53 Å². The first-order valence-corrected chi connectivity index (χ1v) is 5.34. The van der Waals surface area contributed by atoms with Gasteiger partial charge < -0.3 is 15.4 Å². The largest absolute Gasteiger partial charge is 0.399 e. The number of carbonyl (C=O) groups is 1. The molecular weight excluding hydrogens is 204 g/mol. The number of hydrogen-bond donors (Lipinski definition) is 1. The zero-order chi connectivity index (χ0) is 11.5. The Hall–Kier alpha value is -1.55. The molecule has 2 rings (SSSR count). The number of carbonyl (C=O) groups excluding carboxylic acids is 1. The summed E-state index contributed by atoms with van der Waals surface area (Å²) >= 11 is 0. The molecule has 1 amide bonds. The molecule has 1 aromatic carbocycles. The Bertz CT molecular complexity index is 369. The van der Waals surface area contributed by atoms with Gasteiger partial charge in [-0.25, -0.2) is 0 Å². The number of rotatable bonds is 3. The molecule has 1 aliphatic heterocycles. The summed E-state index contributed by atoms with van der Waals surface area (Å²) in [4.78, 5) is 13.6. The third-order valence-corrected chi connectivity index (χ3v) is 2.87. The summed E-state index contributed by atoms with van der Waals surface area (Å²) in [6.07, 6.45) is 0.659. The predicted molar refractivity (Wildman–Crippen MR) is 61.9 cm³/mol. The monoisotopic (exact) mass is 220 g/mol. The van der Waals surface area contributed by atoms with Crippen LogP contribution in [-0.4, -0.2) is 37.1 Å². The second-order valence-electron chi connectivity index (χ2n) is 4.07. The Labute approximate surface area is 95.0 Å². The Morgan fingerprint density at radius 2 is 2.06 bits per heavy atom. The lowest BCUT2D eigenvalue weighted by molar-refractivity contribution is -0.142. The van der Waals surface area contributed by atoms with Crippen molar-refractivity contribution in [3.63, 3.8) is 0 Å². The molecule has 16 heavy (non-hydrogen) atoms. The molecule has 2 N–H and O–H groups in total. The van der Waals surface area contributed by atoms with Crippen LogP contribution in [0.15, 0.2) is 24.3 Å². The molecule has 1 saturated heterocycles. The normalized spacial score (nSPS) is 15.9. The van der Waals surface area contributed by atoms with Gasteiger partial charge in [0.25, 0.3) is 0 Å². The summed E-state index contributed by atoms with van der Waals surface area (Å²) in [5.74, 6) is 0.151. The average Bonchev–Trinajstić information content (AvgIpc) is 2.20. The van der Waals surface area contributed by atoms with Crippen LogP contribution < -0.4 is 5.73 Å². The van der Waals surface area contributed by atoms with E-state index in [4.69, 9.17) is 10.5 Å². The van der Waals surface area contributed by atoms with E-state index in [1.54, 1.807) is 7.11 Å². The minimum absolute atomic E-state index is 0.151. The van der Waals surface area contributed by atoms with Crippen LogP contribution in [0.2, 0.25) is 0 Å². The number of anilines is 1. The first-order chi connectivity index (χ1) is 7.69. The number of nitrogens with two attached hydrogens (primary N) is 1. The molecule has 4 nitrogen and oxygen atoms in total. The van der Waals surface area contributed by atoms with E-state index in [1.807, 2.05) is 29.2 Å². The van der Waals surface area contributed by atoms with Crippen LogP contribution in [0.25, 0.3) is 0 Å². The second kappa shape index (κ2) is 4.53. The fourth-order valence-corrected chi connectivity index (χ4v) is 1.71. The molecule has 0 unspecified atom stereocenters. The van der Waals surface area contributed by atoms with Crippen molar-refractivity contribution in [2.45, 2.75) is 12.5 Å². The van der Waals surface area contributed by atoms with Crippen molar-refractivity contribution in [3.8, 4) is 0 Å². The molecule has 1 fully saturated rings. The zero-order valence-corrected chi connectivity index (χ0v) is 9.35. The van der Waals surface area contributed by atoms with Crippen LogP contribution >= 0.6 is 0 Å². The number of nitrogen functional groups attached to an aromatic ring is 1. The summed E-state index contributed by atoms with van der Waals surface area (Å²) in [6.45, 7) is 1.43. The smallest absolute Gasteiger partial charge is 0.227 e. The summed E-state index contributed by atoms with van der Waals surface area (Å²) in [5, 5.41) is 0. The molecule has 86 valence electrons. The van der Waals surface area contributed by atoms with Gasteiger partial charge in [0.15, 0.2) is 0 Å². The fourth-order valence-electron chi connectivity index (χ4n) is 1.71. The van der Waals surface area contributed by atoms with Crippen molar-refractivity contribution in [2.75, 3.05) is 25.9 Å². The van der Waals surface area contributed by atoms with Gasteiger partial charge >= 0.3 is 0 Å². The maximum Gasteiger partial charge on any atom is 0.227 e. The molecule has 1 aliphatic rings. The predicted octanol–water partition coefficient (Wildman–Crippen LogP) is 0.668. The molecule has 1 aromatic rings. The van der Waals surface area contributed by atoms with E-state index in [2.05, 4.69) is 0 Å².